The molecule has 1 aliphatic rings. The number of hydrogen-bond donors (Lipinski definition) is 1. The van der Waals surface area contributed by atoms with Crippen LogP contribution in [0.5, 0.6) is 0 Å². The van der Waals surface area contributed by atoms with Crippen molar-refractivity contribution in [1.29, 1.82) is 0 Å². The summed E-state index contributed by atoms with van der Waals surface area (Å²) in [7, 11) is 0. The quantitative estimate of drug-likeness (QED) is 0.420. The molecule has 0 aromatic heterocycles. The van der Waals surface area contributed by atoms with E-state index in [0.717, 1.165) is 5.92 Å². The summed E-state index contributed by atoms with van der Waals surface area (Å²) < 4.78 is 0. The third-order valence-electron chi connectivity index (χ3n) is 6.45. The van der Waals surface area contributed by atoms with Gasteiger partial charge in [-0.1, -0.05) is 98.8 Å². The Labute approximate surface area is 134 Å². The van der Waals surface area contributed by atoms with Crippen LogP contribution in [0.25, 0.3) is 0 Å². The average molecular weight is 296 g/mol. The lowest BCUT2D eigenvalue weighted by Crippen LogP contribution is -2.25. The molecule has 0 heterocycles. The van der Waals surface area contributed by atoms with E-state index in [1.54, 1.807) is 0 Å². The van der Waals surface area contributed by atoms with Gasteiger partial charge in [-0.25, -0.2) is 0 Å². The fourth-order valence-electron chi connectivity index (χ4n) is 4.35. The van der Waals surface area contributed by atoms with Gasteiger partial charge in [0, 0.05) is 6.04 Å². The van der Waals surface area contributed by atoms with Crippen molar-refractivity contribution in [1.82, 2.24) is 0 Å². The summed E-state index contributed by atoms with van der Waals surface area (Å²) in [6, 6.07) is 0.420. The molecule has 0 aromatic rings. The molecule has 21 heavy (non-hydrogen) atoms. The first kappa shape index (κ1) is 19.0. The molecule has 1 unspecified atom stereocenters. The average Bonchev–Trinajstić information content (AvgIpc) is 2.82. The van der Waals surface area contributed by atoms with Crippen LogP contribution in [0, 0.1) is 16.7 Å². The fourth-order valence-corrected chi connectivity index (χ4v) is 4.35. The molecule has 126 valence electrons. The maximum Gasteiger partial charge on any atom is 0.00777 e. The Hall–Kier alpha value is -0.0400. The zero-order chi connectivity index (χ0) is 15.9. The number of unbranched alkanes of at least 4 members (excludes halogenated alkanes) is 9. The van der Waals surface area contributed by atoms with Crippen molar-refractivity contribution >= 4 is 0 Å². The molecular weight excluding hydrogens is 254 g/mol. The third kappa shape index (κ3) is 5.27. The maximum atomic E-state index is 6.44. The summed E-state index contributed by atoms with van der Waals surface area (Å²) in [5.41, 5.74) is 7.34. The van der Waals surface area contributed by atoms with Gasteiger partial charge in [0.05, 0.1) is 0 Å². The molecule has 2 N–H and O–H groups in total. The third-order valence-corrected chi connectivity index (χ3v) is 6.45. The van der Waals surface area contributed by atoms with Gasteiger partial charge in [0.15, 0.2) is 0 Å². The van der Waals surface area contributed by atoms with Gasteiger partial charge in [0.2, 0.25) is 0 Å². The van der Waals surface area contributed by atoms with Crippen LogP contribution in [0.15, 0.2) is 0 Å². The predicted octanol–water partition coefficient (Wildman–Crippen LogP) is 6.31. The Morgan fingerprint density at radius 1 is 0.714 bits per heavy atom. The maximum absolute atomic E-state index is 6.44. The van der Waals surface area contributed by atoms with Gasteiger partial charge in [-0.05, 0) is 23.2 Å². The zero-order valence-corrected chi connectivity index (χ0v) is 15.5. The molecule has 1 heteroatoms. The summed E-state index contributed by atoms with van der Waals surface area (Å²) >= 11 is 0. The summed E-state index contributed by atoms with van der Waals surface area (Å²) in [5, 5.41) is 0. The van der Waals surface area contributed by atoms with E-state index in [2.05, 4.69) is 34.6 Å². The van der Waals surface area contributed by atoms with Crippen molar-refractivity contribution < 1.29 is 0 Å². The van der Waals surface area contributed by atoms with E-state index in [1.807, 2.05) is 0 Å². The molecule has 1 saturated carbocycles. The molecule has 1 nitrogen and oxygen atoms in total. The van der Waals surface area contributed by atoms with E-state index in [0.29, 0.717) is 16.9 Å². The first-order valence-corrected chi connectivity index (χ1v) is 9.61. The second-order valence-electron chi connectivity index (χ2n) is 8.56. The highest BCUT2D eigenvalue weighted by Gasteiger charge is 2.66. The SMILES string of the molecule is CCCCCCCCCCCCC(N)C1C(C)(C)C1(C)C. The van der Waals surface area contributed by atoms with E-state index in [-0.39, 0.29) is 0 Å². The lowest BCUT2D eigenvalue weighted by Gasteiger charge is -2.13. The number of nitrogens with two attached hydrogens (primary N) is 1. The highest BCUT2D eigenvalue weighted by Crippen LogP contribution is 2.69. The minimum Gasteiger partial charge on any atom is -0.327 e. The lowest BCUT2D eigenvalue weighted by atomic mass is 9.98. The van der Waals surface area contributed by atoms with Gasteiger partial charge in [-0.3, -0.25) is 0 Å². The van der Waals surface area contributed by atoms with Crippen LogP contribution in [-0.2, 0) is 0 Å². The molecule has 0 aromatic carbocycles. The van der Waals surface area contributed by atoms with Crippen molar-refractivity contribution in [2.75, 3.05) is 0 Å². The molecule has 0 saturated heterocycles. The Bertz CT molecular complexity index is 266. The van der Waals surface area contributed by atoms with E-state index in [1.165, 1.54) is 70.6 Å². The molecule has 1 atom stereocenters. The van der Waals surface area contributed by atoms with E-state index in [9.17, 15) is 0 Å². The van der Waals surface area contributed by atoms with Crippen LogP contribution < -0.4 is 5.73 Å². The standard InChI is InChI=1S/C20H41N/c1-6-7-8-9-10-11-12-13-14-15-16-17(21)18-19(2,3)20(18,4)5/h17-18H,6-16,21H2,1-5H3. The Morgan fingerprint density at radius 2 is 1.10 bits per heavy atom. The second kappa shape index (κ2) is 8.56. The summed E-state index contributed by atoms with van der Waals surface area (Å²) in [6.07, 6.45) is 15.4. The normalized spacial score (nSPS) is 21.4. The zero-order valence-electron chi connectivity index (χ0n) is 15.5. The first-order chi connectivity index (χ1) is 9.85. The molecule has 0 spiro atoms. The molecule has 0 aliphatic heterocycles. The minimum atomic E-state index is 0.420. The van der Waals surface area contributed by atoms with E-state index in [4.69, 9.17) is 5.73 Å². The van der Waals surface area contributed by atoms with Crippen LogP contribution in [0.2, 0.25) is 0 Å². The van der Waals surface area contributed by atoms with Gasteiger partial charge in [-0.2, -0.15) is 0 Å². The molecular formula is C20H41N. The highest BCUT2D eigenvalue weighted by atomic mass is 14.8. The molecule has 0 amide bonds. The van der Waals surface area contributed by atoms with E-state index < -0.39 is 0 Å². The summed E-state index contributed by atoms with van der Waals surface area (Å²) in [5.74, 6) is 0.726. The fraction of sp³-hybridized carbons (Fsp3) is 1.00. The predicted molar refractivity (Wildman–Crippen MR) is 95.5 cm³/mol. The van der Waals surface area contributed by atoms with Crippen LogP contribution in [-0.4, -0.2) is 6.04 Å². The van der Waals surface area contributed by atoms with Crippen LogP contribution in [0.3, 0.4) is 0 Å². The van der Waals surface area contributed by atoms with Crippen LogP contribution >= 0.6 is 0 Å². The van der Waals surface area contributed by atoms with Gasteiger partial charge >= 0.3 is 0 Å². The largest absolute Gasteiger partial charge is 0.327 e. The molecule has 0 radical (unpaired) electrons. The summed E-state index contributed by atoms with van der Waals surface area (Å²) in [4.78, 5) is 0. The van der Waals surface area contributed by atoms with Gasteiger partial charge < -0.3 is 5.73 Å². The highest BCUT2D eigenvalue weighted by molar-refractivity contribution is 5.15. The van der Waals surface area contributed by atoms with E-state index >= 15 is 0 Å². The molecule has 0 bridgehead atoms. The Kier molecular flexibility index (Phi) is 7.74. The first-order valence-electron chi connectivity index (χ1n) is 9.61. The monoisotopic (exact) mass is 295 g/mol. The van der Waals surface area contributed by atoms with Crippen LogP contribution in [0.1, 0.15) is 105 Å². The van der Waals surface area contributed by atoms with Gasteiger partial charge in [0.25, 0.3) is 0 Å². The van der Waals surface area contributed by atoms with Crippen molar-refractivity contribution in [2.24, 2.45) is 22.5 Å². The van der Waals surface area contributed by atoms with Gasteiger partial charge in [-0.15, -0.1) is 0 Å². The number of rotatable bonds is 12. The van der Waals surface area contributed by atoms with Crippen molar-refractivity contribution in [3.8, 4) is 0 Å². The van der Waals surface area contributed by atoms with Crippen LogP contribution in [0.4, 0.5) is 0 Å². The minimum absolute atomic E-state index is 0.420. The van der Waals surface area contributed by atoms with Crippen molar-refractivity contribution in [3.05, 3.63) is 0 Å². The second-order valence-corrected chi connectivity index (χ2v) is 8.56. The molecule has 1 rings (SSSR count). The molecule has 1 aliphatic carbocycles. The smallest absolute Gasteiger partial charge is 0.00777 e. The lowest BCUT2D eigenvalue weighted by molar-refractivity contribution is 0.434. The summed E-state index contributed by atoms with van der Waals surface area (Å²) in [6.45, 7) is 11.8. The van der Waals surface area contributed by atoms with Crippen molar-refractivity contribution in [3.63, 3.8) is 0 Å². The van der Waals surface area contributed by atoms with Gasteiger partial charge in [0.1, 0.15) is 0 Å². The molecule has 1 fully saturated rings. The topological polar surface area (TPSA) is 26.0 Å². The Morgan fingerprint density at radius 3 is 1.48 bits per heavy atom. The Balaban J connectivity index is 1.93. The number of hydrogen-bond acceptors (Lipinski definition) is 1. The van der Waals surface area contributed by atoms with Crippen molar-refractivity contribution in [2.45, 2.75) is 111 Å².